The van der Waals surface area contributed by atoms with E-state index >= 15 is 0 Å². The molecule has 0 aliphatic heterocycles. The second kappa shape index (κ2) is 6.75. The van der Waals surface area contributed by atoms with Crippen LogP contribution in [0.15, 0.2) is 24.3 Å². The Morgan fingerprint density at radius 2 is 1.94 bits per heavy atom. The highest BCUT2D eigenvalue weighted by atomic mass is 16.5. The van der Waals surface area contributed by atoms with Crippen molar-refractivity contribution in [2.24, 2.45) is 0 Å². The van der Waals surface area contributed by atoms with Crippen molar-refractivity contribution >= 4 is 5.97 Å². The number of hydrogen-bond donors (Lipinski definition) is 0. The lowest BCUT2D eigenvalue weighted by Crippen LogP contribution is -2.15. The van der Waals surface area contributed by atoms with Crippen LogP contribution in [0.2, 0.25) is 0 Å². The summed E-state index contributed by atoms with van der Waals surface area (Å²) in [4.78, 5) is 11.8. The van der Waals surface area contributed by atoms with Crippen molar-refractivity contribution in [3.63, 3.8) is 0 Å². The van der Waals surface area contributed by atoms with Crippen molar-refractivity contribution < 1.29 is 9.53 Å². The molecule has 1 aromatic rings. The summed E-state index contributed by atoms with van der Waals surface area (Å²) in [5, 5.41) is 0. The van der Waals surface area contributed by atoms with Crippen LogP contribution < -0.4 is 0 Å². The lowest BCUT2D eigenvalue weighted by molar-refractivity contribution is 0.0405. The first-order chi connectivity index (χ1) is 8.21. The molecule has 0 heterocycles. The van der Waals surface area contributed by atoms with Gasteiger partial charge in [-0.15, -0.1) is 5.92 Å². The predicted molar refractivity (Wildman–Crippen MR) is 68.8 cm³/mol. The number of aryl methyl sites for hydroxylation is 1. The molecule has 1 unspecified atom stereocenters. The zero-order valence-electron chi connectivity index (χ0n) is 10.6. The second-order valence-corrected chi connectivity index (χ2v) is 3.75. The molecule has 17 heavy (non-hydrogen) atoms. The van der Waals surface area contributed by atoms with Gasteiger partial charge in [0.25, 0.3) is 0 Å². The first-order valence-electron chi connectivity index (χ1n) is 5.93. The van der Waals surface area contributed by atoms with Crippen molar-refractivity contribution in [3.05, 3.63) is 35.4 Å². The maximum Gasteiger partial charge on any atom is 0.339 e. The van der Waals surface area contributed by atoms with Crippen molar-refractivity contribution in [2.45, 2.75) is 39.7 Å². The van der Waals surface area contributed by atoms with Crippen molar-refractivity contribution in [1.29, 1.82) is 0 Å². The molecule has 0 N–H and O–H groups in total. The van der Waals surface area contributed by atoms with Gasteiger partial charge in [-0.25, -0.2) is 4.79 Å². The fourth-order valence-corrected chi connectivity index (χ4v) is 1.45. The molecule has 2 heteroatoms. The van der Waals surface area contributed by atoms with Crippen LogP contribution in [0.5, 0.6) is 0 Å². The van der Waals surface area contributed by atoms with Crippen molar-refractivity contribution in [1.82, 2.24) is 0 Å². The third-order valence-electron chi connectivity index (χ3n) is 2.52. The van der Waals surface area contributed by atoms with Gasteiger partial charge in [0, 0.05) is 0 Å². The highest BCUT2D eigenvalue weighted by molar-refractivity contribution is 5.89. The number of carbonyl (C=O) groups is 1. The molecule has 0 aliphatic rings. The third kappa shape index (κ3) is 3.96. The number of rotatable bonds is 4. The van der Waals surface area contributed by atoms with Crippen molar-refractivity contribution in [2.75, 3.05) is 0 Å². The molecule has 0 spiro atoms. The van der Waals surface area contributed by atoms with E-state index in [-0.39, 0.29) is 12.1 Å². The van der Waals surface area contributed by atoms with E-state index in [9.17, 15) is 4.79 Å². The lowest BCUT2D eigenvalue weighted by atomic mass is 10.1. The Labute approximate surface area is 103 Å². The quantitative estimate of drug-likeness (QED) is 0.586. The molecule has 0 aromatic heterocycles. The molecule has 0 aliphatic carbocycles. The average Bonchev–Trinajstić information content (AvgIpc) is 2.38. The van der Waals surface area contributed by atoms with Gasteiger partial charge in [0.2, 0.25) is 0 Å². The summed E-state index contributed by atoms with van der Waals surface area (Å²) < 4.78 is 5.29. The average molecular weight is 230 g/mol. The molecule has 1 atom stereocenters. The first kappa shape index (κ1) is 13.3. The van der Waals surface area contributed by atoms with E-state index < -0.39 is 0 Å². The summed E-state index contributed by atoms with van der Waals surface area (Å²) >= 11 is 0. The number of ether oxygens (including phenoxy) is 1. The van der Waals surface area contributed by atoms with E-state index in [0.29, 0.717) is 12.0 Å². The fourth-order valence-electron chi connectivity index (χ4n) is 1.45. The van der Waals surface area contributed by atoms with Crippen LogP contribution in [0.4, 0.5) is 0 Å². The molecule has 0 saturated carbocycles. The van der Waals surface area contributed by atoms with Crippen LogP contribution in [-0.4, -0.2) is 12.1 Å². The molecule has 2 nitrogen and oxygen atoms in total. The van der Waals surface area contributed by atoms with E-state index in [2.05, 4.69) is 18.8 Å². The Bertz CT molecular complexity index is 420. The van der Waals surface area contributed by atoms with Crippen LogP contribution >= 0.6 is 0 Å². The monoisotopic (exact) mass is 230 g/mol. The van der Waals surface area contributed by atoms with Crippen LogP contribution in [0.1, 0.15) is 43.1 Å². The molecule has 0 bridgehead atoms. The van der Waals surface area contributed by atoms with Gasteiger partial charge in [0.1, 0.15) is 0 Å². The number of benzene rings is 1. The van der Waals surface area contributed by atoms with Gasteiger partial charge in [-0.1, -0.05) is 31.9 Å². The molecule has 0 fully saturated rings. The minimum atomic E-state index is -0.307. The predicted octanol–water partition coefficient (Wildman–Crippen LogP) is 3.21. The Morgan fingerprint density at radius 1 is 1.29 bits per heavy atom. The van der Waals surface area contributed by atoms with E-state index in [4.69, 9.17) is 4.74 Å². The van der Waals surface area contributed by atoms with Gasteiger partial charge in [0.15, 0.2) is 6.10 Å². The van der Waals surface area contributed by atoms with Crippen LogP contribution in [0.3, 0.4) is 0 Å². The molecular formula is C15H18O2. The zero-order chi connectivity index (χ0) is 12.7. The van der Waals surface area contributed by atoms with E-state index in [1.165, 1.54) is 5.56 Å². The minimum Gasteiger partial charge on any atom is -0.446 e. The maximum absolute atomic E-state index is 11.8. The summed E-state index contributed by atoms with van der Waals surface area (Å²) in [6, 6.07) is 7.49. The standard InChI is InChI=1S/C15H18O2/c1-4-7-14(6-3)17-15(16)13-10-8-12(5-2)9-11-13/h8-11,14H,5-6H2,1-3H3. The van der Waals surface area contributed by atoms with E-state index in [1.807, 2.05) is 19.1 Å². The third-order valence-corrected chi connectivity index (χ3v) is 2.52. The van der Waals surface area contributed by atoms with Crippen LogP contribution in [0, 0.1) is 11.8 Å². The topological polar surface area (TPSA) is 26.3 Å². The SMILES string of the molecule is CC#CC(CC)OC(=O)c1ccc(CC)cc1. The molecule has 90 valence electrons. The fraction of sp³-hybridized carbons (Fsp3) is 0.400. The summed E-state index contributed by atoms with van der Waals surface area (Å²) in [5.41, 5.74) is 1.79. The minimum absolute atomic E-state index is 0.303. The van der Waals surface area contributed by atoms with Gasteiger partial charge >= 0.3 is 5.97 Å². The first-order valence-corrected chi connectivity index (χ1v) is 5.93. The van der Waals surface area contributed by atoms with Gasteiger partial charge in [-0.3, -0.25) is 0 Å². The molecular weight excluding hydrogens is 212 g/mol. The summed E-state index contributed by atoms with van der Waals surface area (Å²) in [6.07, 6.45) is 1.37. The Balaban J connectivity index is 2.70. The number of esters is 1. The van der Waals surface area contributed by atoms with Gasteiger partial charge in [-0.05, 0) is 37.5 Å². The molecule has 0 saturated heterocycles. The molecule has 0 amide bonds. The van der Waals surface area contributed by atoms with E-state index in [0.717, 1.165) is 6.42 Å². The van der Waals surface area contributed by atoms with Gasteiger partial charge in [-0.2, -0.15) is 0 Å². The Hall–Kier alpha value is -1.75. The van der Waals surface area contributed by atoms with Crippen LogP contribution in [0.25, 0.3) is 0 Å². The zero-order valence-corrected chi connectivity index (χ0v) is 10.6. The molecule has 1 aromatic carbocycles. The molecule has 0 radical (unpaired) electrons. The Morgan fingerprint density at radius 3 is 2.41 bits per heavy atom. The normalized spacial score (nSPS) is 11.2. The van der Waals surface area contributed by atoms with Gasteiger partial charge < -0.3 is 4.74 Å². The molecule has 1 rings (SSSR count). The highest BCUT2D eigenvalue weighted by Gasteiger charge is 2.11. The summed E-state index contributed by atoms with van der Waals surface area (Å²) in [7, 11) is 0. The summed E-state index contributed by atoms with van der Waals surface area (Å²) in [5.74, 6) is 5.33. The second-order valence-electron chi connectivity index (χ2n) is 3.75. The van der Waals surface area contributed by atoms with E-state index in [1.54, 1.807) is 19.1 Å². The smallest absolute Gasteiger partial charge is 0.339 e. The number of hydrogen-bond acceptors (Lipinski definition) is 2. The maximum atomic E-state index is 11.8. The van der Waals surface area contributed by atoms with Crippen LogP contribution in [-0.2, 0) is 11.2 Å². The highest BCUT2D eigenvalue weighted by Crippen LogP contribution is 2.08. The largest absolute Gasteiger partial charge is 0.446 e. The number of carbonyl (C=O) groups excluding carboxylic acids is 1. The van der Waals surface area contributed by atoms with Crippen molar-refractivity contribution in [3.8, 4) is 11.8 Å². The lowest BCUT2D eigenvalue weighted by Gasteiger charge is -2.10. The summed E-state index contributed by atoms with van der Waals surface area (Å²) in [6.45, 7) is 5.77. The van der Waals surface area contributed by atoms with Gasteiger partial charge in [0.05, 0.1) is 5.56 Å². The Kier molecular flexibility index (Phi) is 5.29.